The number of nitrogens with zero attached hydrogens (tertiary/aromatic N) is 2. The molecule has 3 aromatic rings. The van der Waals surface area contributed by atoms with Crippen molar-refractivity contribution in [3.8, 4) is 0 Å². The number of halogens is 1. The quantitative estimate of drug-likeness (QED) is 0.632. The number of anilines is 1. The Bertz CT molecular complexity index is 1200. The average molecular weight is 466 g/mol. The number of amides is 1. The van der Waals surface area contributed by atoms with Crippen LogP contribution in [-0.4, -0.2) is 49.9 Å². The van der Waals surface area contributed by atoms with Gasteiger partial charge in [-0.15, -0.1) is 0 Å². The van der Waals surface area contributed by atoms with Gasteiger partial charge in [0.15, 0.2) is 5.13 Å². The summed E-state index contributed by atoms with van der Waals surface area (Å²) in [6.07, 6.45) is 0. The number of thiazole rings is 1. The van der Waals surface area contributed by atoms with Gasteiger partial charge < -0.3 is 4.74 Å². The van der Waals surface area contributed by atoms with E-state index in [-0.39, 0.29) is 28.6 Å². The Labute approximate surface area is 183 Å². The van der Waals surface area contributed by atoms with Gasteiger partial charge in [0.25, 0.3) is 5.91 Å². The number of carbonyl (C=O) groups is 1. The zero-order chi connectivity index (χ0) is 21.5. The number of aryl methyl sites for hydroxylation is 2. The molecule has 1 N–H and O–H groups in total. The Morgan fingerprint density at radius 2 is 1.87 bits per heavy atom. The molecule has 10 heteroatoms. The molecule has 1 aliphatic rings. The second-order valence-corrected chi connectivity index (χ2v) is 10.3. The van der Waals surface area contributed by atoms with E-state index in [0.29, 0.717) is 18.3 Å². The lowest BCUT2D eigenvalue weighted by molar-refractivity contribution is 0.0730. The highest BCUT2D eigenvalue weighted by molar-refractivity contribution is 7.89. The molecule has 158 valence electrons. The fourth-order valence-corrected chi connectivity index (χ4v) is 6.17. The molecule has 0 aliphatic carbocycles. The highest BCUT2D eigenvalue weighted by Crippen LogP contribution is 2.32. The van der Waals surface area contributed by atoms with E-state index in [1.54, 1.807) is 0 Å². The SMILES string of the molecule is Cc1ccc(C)c2sc(NC(=O)c3ccc(Cl)c(S(=O)(=O)N4CCOCC4)c3)nc12. The lowest BCUT2D eigenvalue weighted by Crippen LogP contribution is -2.40. The van der Waals surface area contributed by atoms with Crippen LogP contribution in [0.4, 0.5) is 5.13 Å². The number of benzene rings is 2. The third kappa shape index (κ3) is 3.95. The molecule has 1 aliphatic heterocycles. The number of hydrogen-bond acceptors (Lipinski definition) is 6. The van der Waals surface area contributed by atoms with Gasteiger partial charge in [-0.3, -0.25) is 10.1 Å². The Morgan fingerprint density at radius 3 is 2.57 bits per heavy atom. The van der Waals surface area contributed by atoms with Crippen molar-refractivity contribution in [3.63, 3.8) is 0 Å². The maximum atomic E-state index is 13.0. The first-order valence-corrected chi connectivity index (χ1v) is 12.0. The summed E-state index contributed by atoms with van der Waals surface area (Å²) in [5.74, 6) is -0.445. The van der Waals surface area contributed by atoms with Crippen molar-refractivity contribution >= 4 is 54.2 Å². The summed E-state index contributed by atoms with van der Waals surface area (Å²) in [6.45, 7) is 5.11. The van der Waals surface area contributed by atoms with Crippen LogP contribution in [0.25, 0.3) is 10.2 Å². The molecule has 0 saturated carbocycles. The second kappa shape index (κ2) is 8.24. The maximum Gasteiger partial charge on any atom is 0.257 e. The molecule has 4 rings (SSSR count). The molecule has 0 radical (unpaired) electrons. The first kappa shape index (κ1) is 21.2. The summed E-state index contributed by atoms with van der Waals surface area (Å²) < 4.78 is 33.5. The van der Waals surface area contributed by atoms with Crippen molar-refractivity contribution in [3.05, 3.63) is 52.0 Å². The van der Waals surface area contributed by atoms with Crippen LogP contribution >= 0.6 is 22.9 Å². The fourth-order valence-electron chi connectivity index (χ4n) is 3.25. The number of fused-ring (bicyclic) bond motifs is 1. The minimum absolute atomic E-state index is 0.0734. The normalized spacial score (nSPS) is 15.4. The summed E-state index contributed by atoms with van der Waals surface area (Å²) in [7, 11) is -3.82. The van der Waals surface area contributed by atoms with E-state index in [9.17, 15) is 13.2 Å². The minimum atomic E-state index is -3.82. The summed E-state index contributed by atoms with van der Waals surface area (Å²) >= 11 is 7.56. The van der Waals surface area contributed by atoms with Gasteiger partial charge in [0.05, 0.1) is 28.5 Å². The summed E-state index contributed by atoms with van der Waals surface area (Å²) in [6, 6.07) is 8.25. The van der Waals surface area contributed by atoms with Crippen molar-refractivity contribution in [2.24, 2.45) is 0 Å². The molecule has 1 fully saturated rings. The maximum absolute atomic E-state index is 13.0. The smallest absolute Gasteiger partial charge is 0.257 e. The number of rotatable bonds is 4. The lowest BCUT2D eigenvalue weighted by Gasteiger charge is -2.26. The Hall–Kier alpha value is -2.04. The molecular weight excluding hydrogens is 446 g/mol. The van der Waals surface area contributed by atoms with Gasteiger partial charge in [0.2, 0.25) is 10.0 Å². The molecule has 1 saturated heterocycles. The Balaban J connectivity index is 1.63. The van der Waals surface area contributed by atoms with E-state index in [1.165, 1.54) is 33.8 Å². The lowest BCUT2D eigenvalue weighted by atomic mass is 10.1. The third-order valence-electron chi connectivity index (χ3n) is 4.94. The standard InChI is InChI=1S/C20H20ClN3O4S2/c1-12-3-4-13(2)18-17(12)22-20(29-18)23-19(25)14-5-6-15(21)16(11-14)30(26,27)24-7-9-28-10-8-24/h3-6,11H,7-10H2,1-2H3,(H,22,23,25). The molecule has 7 nitrogen and oxygen atoms in total. The molecule has 2 aromatic carbocycles. The topological polar surface area (TPSA) is 88.6 Å². The van der Waals surface area contributed by atoms with Gasteiger partial charge in [0.1, 0.15) is 4.90 Å². The predicted octanol–water partition coefficient (Wildman–Crippen LogP) is 3.84. The second-order valence-electron chi connectivity index (χ2n) is 7.01. The molecule has 1 amide bonds. The van der Waals surface area contributed by atoms with Crippen LogP contribution in [0.5, 0.6) is 0 Å². The molecule has 2 heterocycles. The van der Waals surface area contributed by atoms with Crippen LogP contribution in [0.3, 0.4) is 0 Å². The number of sulfonamides is 1. The highest BCUT2D eigenvalue weighted by Gasteiger charge is 2.29. The number of carbonyl (C=O) groups excluding carboxylic acids is 1. The van der Waals surface area contributed by atoms with Crippen LogP contribution in [0.2, 0.25) is 5.02 Å². The summed E-state index contributed by atoms with van der Waals surface area (Å²) in [5.41, 5.74) is 3.15. The van der Waals surface area contributed by atoms with Crippen molar-refractivity contribution in [2.75, 3.05) is 31.6 Å². The monoisotopic (exact) mass is 465 g/mol. The van der Waals surface area contributed by atoms with E-state index < -0.39 is 15.9 Å². The van der Waals surface area contributed by atoms with Crippen molar-refractivity contribution < 1.29 is 17.9 Å². The van der Waals surface area contributed by atoms with Crippen LogP contribution in [0.1, 0.15) is 21.5 Å². The van der Waals surface area contributed by atoms with Gasteiger partial charge in [-0.05, 0) is 43.2 Å². The first-order chi connectivity index (χ1) is 14.3. The van der Waals surface area contributed by atoms with Gasteiger partial charge >= 0.3 is 0 Å². The van der Waals surface area contributed by atoms with E-state index in [1.807, 2.05) is 26.0 Å². The number of morpholine rings is 1. The number of nitrogens with one attached hydrogen (secondary N) is 1. The number of aromatic nitrogens is 1. The molecule has 0 unspecified atom stereocenters. The van der Waals surface area contributed by atoms with Gasteiger partial charge in [-0.1, -0.05) is 35.1 Å². The van der Waals surface area contributed by atoms with Gasteiger partial charge in [-0.25, -0.2) is 13.4 Å². The third-order valence-corrected chi connectivity index (χ3v) is 8.43. The minimum Gasteiger partial charge on any atom is -0.379 e. The number of hydrogen-bond donors (Lipinski definition) is 1. The molecule has 0 spiro atoms. The van der Waals surface area contributed by atoms with Crippen LogP contribution in [0.15, 0.2) is 35.2 Å². The van der Waals surface area contributed by atoms with Crippen molar-refractivity contribution in [2.45, 2.75) is 18.7 Å². The predicted molar refractivity (Wildman–Crippen MR) is 118 cm³/mol. The highest BCUT2D eigenvalue weighted by atomic mass is 35.5. The van der Waals surface area contributed by atoms with E-state index >= 15 is 0 Å². The van der Waals surface area contributed by atoms with Gasteiger partial charge in [0, 0.05) is 18.7 Å². The molecule has 1 aromatic heterocycles. The van der Waals surface area contributed by atoms with Crippen molar-refractivity contribution in [1.82, 2.24) is 9.29 Å². The Morgan fingerprint density at radius 1 is 1.17 bits per heavy atom. The van der Waals surface area contributed by atoms with Crippen LogP contribution in [-0.2, 0) is 14.8 Å². The average Bonchev–Trinajstić information content (AvgIpc) is 3.16. The largest absolute Gasteiger partial charge is 0.379 e. The summed E-state index contributed by atoms with van der Waals surface area (Å²) in [4.78, 5) is 17.2. The van der Waals surface area contributed by atoms with E-state index in [2.05, 4.69) is 10.3 Å². The van der Waals surface area contributed by atoms with E-state index in [0.717, 1.165) is 21.3 Å². The molecule has 0 atom stereocenters. The van der Waals surface area contributed by atoms with Crippen LogP contribution < -0.4 is 5.32 Å². The molecule has 0 bridgehead atoms. The molecular formula is C20H20ClN3O4S2. The molecule has 30 heavy (non-hydrogen) atoms. The number of ether oxygens (including phenoxy) is 1. The van der Waals surface area contributed by atoms with Crippen LogP contribution in [0, 0.1) is 13.8 Å². The fraction of sp³-hybridized carbons (Fsp3) is 0.300. The Kier molecular flexibility index (Phi) is 5.82. The van der Waals surface area contributed by atoms with Gasteiger partial charge in [-0.2, -0.15) is 4.31 Å². The summed E-state index contributed by atoms with van der Waals surface area (Å²) in [5, 5.41) is 3.31. The van der Waals surface area contributed by atoms with E-state index in [4.69, 9.17) is 16.3 Å². The van der Waals surface area contributed by atoms with Crippen molar-refractivity contribution in [1.29, 1.82) is 0 Å². The first-order valence-electron chi connectivity index (χ1n) is 9.33. The zero-order valence-corrected chi connectivity index (χ0v) is 18.8. The zero-order valence-electron chi connectivity index (χ0n) is 16.4.